The van der Waals surface area contributed by atoms with E-state index in [1.807, 2.05) is 13.0 Å². The SMILES string of the molecule is Cc1nc(NCc2ccccc2C)cc(N2CCOCC2)n1. The Morgan fingerprint density at radius 1 is 1.14 bits per heavy atom. The van der Waals surface area contributed by atoms with Crippen LogP contribution >= 0.6 is 0 Å². The fourth-order valence-electron chi connectivity index (χ4n) is 2.59. The molecular formula is C17H22N4O. The molecule has 0 radical (unpaired) electrons. The quantitative estimate of drug-likeness (QED) is 0.940. The van der Waals surface area contributed by atoms with Crippen molar-refractivity contribution in [2.24, 2.45) is 0 Å². The van der Waals surface area contributed by atoms with Crippen molar-refractivity contribution in [2.75, 3.05) is 36.5 Å². The summed E-state index contributed by atoms with van der Waals surface area (Å²) in [4.78, 5) is 11.3. The summed E-state index contributed by atoms with van der Waals surface area (Å²) < 4.78 is 5.40. The van der Waals surface area contributed by atoms with Gasteiger partial charge in [0.2, 0.25) is 0 Å². The molecule has 2 aromatic rings. The average molecular weight is 298 g/mol. The van der Waals surface area contributed by atoms with Crippen molar-refractivity contribution in [3.8, 4) is 0 Å². The van der Waals surface area contributed by atoms with Crippen LogP contribution in [0.1, 0.15) is 17.0 Å². The number of morpholine rings is 1. The fraction of sp³-hybridized carbons (Fsp3) is 0.412. The molecule has 1 saturated heterocycles. The summed E-state index contributed by atoms with van der Waals surface area (Å²) in [7, 11) is 0. The Labute approximate surface area is 131 Å². The Hall–Kier alpha value is -2.14. The predicted molar refractivity (Wildman–Crippen MR) is 88.3 cm³/mol. The number of rotatable bonds is 4. The molecule has 1 aromatic carbocycles. The molecule has 3 rings (SSSR count). The molecule has 1 fully saturated rings. The van der Waals surface area contributed by atoms with Crippen molar-refractivity contribution >= 4 is 11.6 Å². The van der Waals surface area contributed by atoms with Crippen LogP contribution in [0.3, 0.4) is 0 Å². The van der Waals surface area contributed by atoms with E-state index in [-0.39, 0.29) is 0 Å². The van der Waals surface area contributed by atoms with Gasteiger partial charge < -0.3 is 15.0 Å². The van der Waals surface area contributed by atoms with Gasteiger partial charge >= 0.3 is 0 Å². The monoisotopic (exact) mass is 298 g/mol. The number of nitrogens with one attached hydrogen (secondary N) is 1. The standard InChI is InChI=1S/C17H22N4O/c1-13-5-3-4-6-15(13)12-18-16-11-17(20-14(2)19-16)21-7-9-22-10-8-21/h3-6,11H,7-10,12H2,1-2H3,(H,18,19,20). The van der Waals surface area contributed by atoms with Gasteiger partial charge in [-0.3, -0.25) is 0 Å². The number of aryl methyl sites for hydroxylation is 2. The van der Waals surface area contributed by atoms with Crippen LogP contribution in [0.5, 0.6) is 0 Å². The van der Waals surface area contributed by atoms with Crippen LogP contribution in [0.2, 0.25) is 0 Å². The number of hydrogen-bond acceptors (Lipinski definition) is 5. The lowest BCUT2D eigenvalue weighted by Crippen LogP contribution is -2.37. The van der Waals surface area contributed by atoms with Crippen LogP contribution in [-0.2, 0) is 11.3 Å². The molecule has 1 aromatic heterocycles. The molecule has 1 aliphatic rings. The fourth-order valence-corrected chi connectivity index (χ4v) is 2.59. The molecule has 0 spiro atoms. The van der Waals surface area contributed by atoms with Gasteiger partial charge in [-0.05, 0) is 25.0 Å². The molecule has 0 amide bonds. The Bertz CT molecular complexity index is 638. The van der Waals surface area contributed by atoms with Crippen LogP contribution in [0.4, 0.5) is 11.6 Å². The minimum Gasteiger partial charge on any atom is -0.378 e. The molecular weight excluding hydrogens is 276 g/mol. The molecule has 0 unspecified atom stereocenters. The number of hydrogen-bond donors (Lipinski definition) is 1. The third-order valence-corrected chi connectivity index (χ3v) is 3.88. The summed E-state index contributed by atoms with van der Waals surface area (Å²) >= 11 is 0. The molecule has 0 saturated carbocycles. The number of ether oxygens (including phenoxy) is 1. The summed E-state index contributed by atoms with van der Waals surface area (Å²) in [5.41, 5.74) is 2.57. The van der Waals surface area contributed by atoms with Crippen LogP contribution in [0.15, 0.2) is 30.3 Å². The molecule has 22 heavy (non-hydrogen) atoms. The molecule has 5 nitrogen and oxygen atoms in total. The Morgan fingerprint density at radius 2 is 1.91 bits per heavy atom. The normalized spacial score (nSPS) is 14.9. The van der Waals surface area contributed by atoms with Gasteiger partial charge in [-0.25, -0.2) is 9.97 Å². The lowest BCUT2D eigenvalue weighted by atomic mass is 10.1. The van der Waals surface area contributed by atoms with E-state index in [0.717, 1.165) is 50.3 Å². The zero-order chi connectivity index (χ0) is 15.4. The largest absolute Gasteiger partial charge is 0.378 e. The molecule has 116 valence electrons. The van der Waals surface area contributed by atoms with E-state index < -0.39 is 0 Å². The first kappa shape index (κ1) is 14.8. The summed E-state index contributed by atoms with van der Waals surface area (Å²) in [5.74, 6) is 2.64. The van der Waals surface area contributed by atoms with Gasteiger partial charge in [-0.1, -0.05) is 24.3 Å². The third-order valence-electron chi connectivity index (χ3n) is 3.88. The molecule has 1 aliphatic heterocycles. The van der Waals surface area contributed by atoms with Gasteiger partial charge in [-0.15, -0.1) is 0 Å². The lowest BCUT2D eigenvalue weighted by molar-refractivity contribution is 0.122. The van der Waals surface area contributed by atoms with Crippen molar-refractivity contribution in [1.82, 2.24) is 9.97 Å². The smallest absolute Gasteiger partial charge is 0.134 e. The first-order valence-electron chi connectivity index (χ1n) is 7.69. The van der Waals surface area contributed by atoms with Crippen molar-refractivity contribution in [3.63, 3.8) is 0 Å². The van der Waals surface area contributed by atoms with E-state index in [1.54, 1.807) is 0 Å². The Morgan fingerprint density at radius 3 is 2.68 bits per heavy atom. The summed E-state index contributed by atoms with van der Waals surface area (Å²) in [6.45, 7) is 8.11. The highest BCUT2D eigenvalue weighted by Gasteiger charge is 2.14. The van der Waals surface area contributed by atoms with Crippen molar-refractivity contribution in [3.05, 3.63) is 47.3 Å². The zero-order valence-electron chi connectivity index (χ0n) is 13.2. The first-order valence-corrected chi connectivity index (χ1v) is 7.69. The van der Waals surface area contributed by atoms with E-state index in [1.165, 1.54) is 11.1 Å². The molecule has 0 bridgehead atoms. The van der Waals surface area contributed by atoms with E-state index in [4.69, 9.17) is 4.74 Å². The van der Waals surface area contributed by atoms with Crippen molar-refractivity contribution in [1.29, 1.82) is 0 Å². The van der Waals surface area contributed by atoms with Gasteiger partial charge in [0.15, 0.2) is 0 Å². The summed E-state index contributed by atoms with van der Waals surface area (Å²) in [6, 6.07) is 10.4. The van der Waals surface area contributed by atoms with Gasteiger partial charge in [-0.2, -0.15) is 0 Å². The van der Waals surface area contributed by atoms with Crippen molar-refractivity contribution in [2.45, 2.75) is 20.4 Å². The van der Waals surface area contributed by atoms with Gasteiger partial charge in [0, 0.05) is 25.7 Å². The Balaban J connectivity index is 1.73. The topological polar surface area (TPSA) is 50.3 Å². The van der Waals surface area contributed by atoms with E-state index in [2.05, 4.69) is 51.4 Å². The minimum atomic E-state index is 0.759. The van der Waals surface area contributed by atoms with Crippen LogP contribution in [0, 0.1) is 13.8 Å². The zero-order valence-corrected chi connectivity index (χ0v) is 13.2. The Kier molecular flexibility index (Phi) is 4.53. The van der Waals surface area contributed by atoms with E-state index in [9.17, 15) is 0 Å². The third kappa shape index (κ3) is 3.54. The summed E-state index contributed by atoms with van der Waals surface area (Å²) in [6.07, 6.45) is 0. The second-order valence-corrected chi connectivity index (χ2v) is 5.54. The van der Waals surface area contributed by atoms with Gasteiger partial charge in [0.05, 0.1) is 13.2 Å². The highest BCUT2D eigenvalue weighted by Crippen LogP contribution is 2.18. The number of benzene rings is 1. The van der Waals surface area contributed by atoms with E-state index in [0.29, 0.717) is 0 Å². The molecule has 1 N–H and O–H groups in total. The van der Waals surface area contributed by atoms with Gasteiger partial charge in [0.25, 0.3) is 0 Å². The van der Waals surface area contributed by atoms with E-state index >= 15 is 0 Å². The van der Waals surface area contributed by atoms with Gasteiger partial charge in [0.1, 0.15) is 17.5 Å². The van der Waals surface area contributed by atoms with Crippen LogP contribution in [-0.4, -0.2) is 36.3 Å². The second kappa shape index (κ2) is 6.75. The number of aromatic nitrogens is 2. The maximum atomic E-state index is 5.40. The summed E-state index contributed by atoms with van der Waals surface area (Å²) in [5, 5.41) is 3.41. The highest BCUT2D eigenvalue weighted by atomic mass is 16.5. The first-order chi connectivity index (χ1) is 10.7. The maximum absolute atomic E-state index is 5.40. The molecule has 0 aliphatic carbocycles. The second-order valence-electron chi connectivity index (χ2n) is 5.54. The predicted octanol–water partition coefficient (Wildman–Crippen LogP) is 2.54. The molecule has 2 heterocycles. The molecule has 0 atom stereocenters. The van der Waals surface area contributed by atoms with Crippen LogP contribution < -0.4 is 10.2 Å². The van der Waals surface area contributed by atoms with Crippen molar-refractivity contribution < 1.29 is 4.74 Å². The minimum absolute atomic E-state index is 0.759. The highest BCUT2D eigenvalue weighted by molar-refractivity contribution is 5.50. The number of anilines is 2. The lowest BCUT2D eigenvalue weighted by Gasteiger charge is -2.28. The molecule has 5 heteroatoms. The number of nitrogens with zero attached hydrogens (tertiary/aromatic N) is 3. The maximum Gasteiger partial charge on any atom is 0.134 e. The average Bonchev–Trinajstić information content (AvgIpc) is 2.54. The van der Waals surface area contributed by atoms with Crippen LogP contribution in [0.25, 0.3) is 0 Å².